The van der Waals surface area contributed by atoms with Gasteiger partial charge in [-0.1, -0.05) is 43.3 Å². The molecule has 0 aliphatic rings. The second kappa shape index (κ2) is 7.99. The van der Waals surface area contributed by atoms with Gasteiger partial charge in [0.05, 0.1) is 12.2 Å². The van der Waals surface area contributed by atoms with Gasteiger partial charge in [0.25, 0.3) is 0 Å². The fourth-order valence-corrected chi connectivity index (χ4v) is 2.56. The first kappa shape index (κ1) is 18.6. The number of carbonyl (C=O) groups excluding carboxylic acids is 1. The van der Waals surface area contributed by atoms with E-state index < -0.39 is 5.82 Å². The molecule has 2 N–H and O–H groups in total. The minimum absolute atomic E-state index is 0.115. The summed E-state index contributed by atoms with van der Waals surface area (Å²) in [6.45, 7) is 5.88. The molecule has 0 saturated heterocycles. The third-order valence-corrected chi connectivity index (χ3v) is 4.02. The van der Waals surface area contributed by atoms with Crippen LogP contribution >= 0.6 is 0 Å². The number of carbonyl (C=O) groups is 1. The Balaban J connectivity index is 1.67. The smallest absolute Gasteiger partial charge is 0.246 e. The third-order valence-electron chi connectivity index (χ3n) is 4.02. The lowest BCUT2D eigenvalue weighted by molar-refractivity contribution is -0.114. The fourth-order valence-electron chi connectivity index (χ4n) is 2.56. The number of hydrogen-bond acceptors (Lipinski definition) is 5. The van der Waals surface area contributed by atoms with Gasteiger partial charge in [-0.2, -0.15) is 4.98 Å². The Morgan fingerprint density at radius 1 is 1.19 bits per heavy atom. The molecule has 1 heterocycles. The van der Waals surface area contributed by atoms with E-state index in [-0.39, 0.29) is 18.1 Å². The summed E-state index contributed by atoms with van der Waals surface area (Å²) in [6.07, 6.45) is 0. The first-order valence-electron chi connectivity index (χ1n) is 8.66. The molecule has 0 atom stereocenters. The quantitative estimate of drug-likeness (QED) is 0.666. The molecule has 0 bridgehead atoms. The van der Waals surface area contributed by atoms with E-state index in [0.29, 0.717) is 23.3 Å². The minimum Gasteiger partial charge on any atom is -0.376 e. The number of amides is 1. The van der Waals surface area contributed by atoms with Gasteiger partial charge in [-0.05, 0) is 29.7 Å². The normalized spacial score (nSPS) is 10.9. The van der Waals surface area contributed by atoms with Crippen LogP contribution in [-0.2, 0) is 11.3 Å². The topological polar surface area (TPSA) is 80.0 Å². The monoisotopic (exact) mass is 368 g/mol. The summed E-state index contributed by atoms with van der Waals surface area (Å²) >= 11 is 0. The van der Waals surface area contributed by atoms with E-state index in [0.717, 1.165) is 5.56 Å². The molecule has 0 aliphatic heterocycles. The molecule has 27 heavy (non-hydrogen) atoms. The highest BCUT2D eigenvalue weighted by Crippen LogP contribution is 2.22. The maximum atomic E-state index is 13.7. The van der Waals surface area contributed by atoms with Crippen LogP contribution in [0.2, 0.25) is 0 Å². The molecule has 6 nitrogen and oxygen atoms in total. The van der Waals surface area contributed by atoms with Gasteiger partial charge >= 0.3 is 0 Å². The van der Waals surface area contributed by atoms with E-state index in [1.807, 2.05) is 12.1 Å². The van der Waals surface area contributed by atoms with Gasteiger partial charge in [0.1, 0.15) is 5.82 Å². The number of hydrogen-bond donors (Lipinski definition) is 2. The first-order chi connectivity index (χ1) is 12.9. The second-order valence-corrected chi connectivity index (χ2v) is 6.52. The highest BCUT2D eigenvalue weighted by Gasteiger charge is 2.10. The standard InChI is InChI=1S/C20H21FN4O2/c1-12(2)14-4-6-15(7-5-14)20-24-19(27-25-20)11-22-16-8-9-17(21)18(10-16)23-13(3)26/h4-10,12,22H,11H2,1-3H3,(H,23,26). The molecule has 2 aromatic carbocycles. The molecule has 0 radical (unpaired) electrons. The predicted octanol–water partition coefficient (Wildman–Crippen LogP) is 4.57. The molecule has 0 fully saturated rings. The van der Waals surface area contributed by atoms with Crippen molar-refractivity contribution in [2.75, 3.05) is 10.6 Å². The Kier molecular flexibility index (Phi) is 5.49. The van der Waals surface area contributed by atoms with Crippen LogP contribution in [0.4, 0.5) is 15.8 Å². The lowest BCUT2D eigenvalue weighted by Gasteiger charge is -2.08. The lowest BCUT2D eigenvalue weighted by atomic mass is 10.0. The molecule has 7 heteroatoms. The molecular weight excluding hydrogens is 347 g/mol. The zero-order chi connectivity index (χ0) is 19.4. The van der Waals surface area contributed by atoms with Crippen molar-refractivity contribution in [1.82, 2.24) is 10.1 Å². The van der Waals surface area contributed by atoms with E-state index in [2.05, 4.69) is 46.8 Å². The average Bonchev–Trinajstić information content (AvgIpc) is 3.11. The average molecular weight is 368 g/mol. The van der Waals surface area contributed by atoms with Crippen LogP contribution in [0.3, 0.4) is 0 Å². The highest BCUT2D eigenvalue weighted by atomic mass is 19.1. The van der Waals surface area contributed by atoms with E-state index in [9.17, 15) is 9.18 Å². The van der Waals surface area contributed by atoms with E-state index in [1.165, 1.54) is 24.6 Å². The van der Waals surface area contributed by atoms with Gasteiger partial charge in [0, 0.05) is 18.2 Å². The van der Waals surface area contributed by atoms with Gasteiger partial charge in [-0.25, -0.2) is 4.39 Å². The van der Waals surface area contributed by atoms with Gasteiger partial charge < -0.3 is 15.2 Å². The number of rotatable bonds is 6. The molecule has 1 amide bonds. The van der Waals surface area contributed by atoms with Crippen molar-refractivity contribution >= 4 is 17.3 Å². The number of halogens is 1. The van der Waals surface area contributed by atoms with Crippen molar-refractivity contribution in [3.63, 3.8) is 0 Å². The van der Waals surface area contributed by atoms with Gasteiger partial charge in [0.2, 0.25) is 17.6 Å². The SMILES string of the molecule is CC(=O)Nc1cc(NCc2nc(-c3ccc(C(C)C)cc3)no2)ccc1F. The molecule has 0 spiro atoms. The largest absolute Gasteiger partial charge is 0.376 e. The number of benzene rings is 2. The minimum atomic E-state index is -0.499. The van der Waals surface area contributed by atoms with Crippen LogP contribution in [0.15, 0.2) is 47.0 Å². The lowest BCUT2D eigenvalue weighted by Crippen LogP contribution is -2.08. The maximum absolute atomic E-state index is 13.7. The third kappa shape index (κ3) is 4.69. The molecule has 1 aromatic heterocycles. The zero-order valence-electron chi connectivity index (χ0n) is 15.4. The van der Waals surface area contributed by atoms with Crippen LogP contribution < -0.4 is 10.6 Å². The summed E-state index contributed by atoms with van der Waals surface area (Å²) in [4.78, 5) is 15.5. The van der Waals surface area contributed by atoms with Crippen LogP contribution in [0.25, 0.3) is 11.4 Å². The van der Waals surface area contributed by atoms with Gasteiger partial charge in [0.15, 0.2) is 0 Å². The molecule has 140 valence electrons. The Hall–Kier alpha value is -3.22. The molecule has 3 aromatic rings. The Bertz CT molecular complexity index is 935. The Labute approximate surface area is 156 Å². The van der Waals surface area contributed by atoms with E-state index >= 15 is 0 Å². The summed E-state index contributed by atoms with van der Waals surface area (Å²) in [7, 11) is 0. The fraction of sp³-hybridized carbons (Fsp3) is 0.250. The number of nitrogens with one attached hydrogen (secondary N) is 2. The summed E-state index contributed by atoms with van der Waals surface area (Å²) < 4.78 is 18.9. The summed E-state index contributed by atoms with van der Waals surface area (Å²) in [5, 5.41) is 9.52. The van der Waals surface area contributed by atoms with Crippen molar-refractivity contribution in [1.29, 1.82) is 0 Å². The summed E-state index contributed by atoms with van der Waals surface area (Å²) in [6, 6.07) is 12.4. The molecule has 0 unspecified atom stereocenters. The van der Waals surface area contributed by atoms with Gasteiger partial charge in [-0.3, -0.25) is 4.79 Å². The van der Waals surface area contributed by atoms with Crippen molar-refractivity contribution in [2.45, 2.75) is 33.2 Å². The Morgan fingerprint density at radius 2 is 1.93 bits per heavy atom. The highest BCUT2D eigenvalue weighted by molar-refractivity contribution is 5.89. The van der Waals surface area contributed by atoms with Crippen molar-refractivity contribution in [3.05, 3.63) is 59.7 Å². The summed E-state index contributed by atoms with van der Waals surface area (Å²) in [5.74, 6) is 0.544. The molecule has 0 aliphatic carbocycles. The van der Waals surface area contributed by atoms with Crippen LogP contribution in [0, 0.1) is 5.82 Å². The van der Waals surface area contributed by atoms with Crippen LogP contribution in [0.5, 0.6) is 0 Å². The van der Waals surface area contributed by atoms with Crippen molar-refractivity contribution < 1.29 is 13.7 Å². The Morgan fingerprint density at radius 3 is 2.59 bits per heavy atom. The predicted molar refractivity (Wildman–Crippen MR) is 102 cm³/mol. The first-order valence-corrected chi connectivity index (χ1v) is 8.66. The van der Waals surface area contributed by atoms with E-state index in [1.54, 1.807) is 6.07 Å². The number of aromatic nitrogens is 2. The van der Waals surface area contributed by atoms with Crippen LogP contribution in [0.1, 0.15) is 38.1 Å². The van der Waals surface area contributed by atoms with E-state index in [4.69, 9.17) is 4.52 Å². The molecule has 3 rings (SSSR count). The maximum Gasteiger partial charge on any atom is 0.246 e. The molecule has 0 saturated carbocycles. The van der Waals surface area contributed by atoms with Crippen molar-refractivity contribution in [3.8, 4) is 11.4 Å². The number of nitrogens with zero attached hydrogens (tertiary/aromatic N) is 2. The zero-order valence-corrected chi connectivity index (χ0v) is 15.4. The van der Waals surface area contributed by atoms with Crippen molar-refractivity contribution in [2.24, 2.45) is 0 Å². The van der Waals surface area contributed by atoms with Gasteiger partial charge in [-0.15, -0.1) is 0 Å². The second-order valence-electron chi connectivity index (χ2n) is 6.52. The molecular formula is C20H21FN4O2. The number of anilines is 2. The van der Waals surface area contributed by atoms with Crippen LogP contribution in [-0.4, -0.2) is 16.0 Å². The summed E-state index contributed by atoms with van der Waals surface area (Å²) in [5.41, 5.74) is 2.87.